The summed E-state index contributed by atoms with van der Waals surface area (Å²) in [6, 6.07) is 4.26. The Balaban J connectivity index is 1.60. The van der Waals surface area contributed by atoms with E-state index in [1.807, 2.05) is 11.8 Å². The second-order valence-electron chi connectivity index (χ2n) is 5.87. The second-order valence-corrected chi connectivity index (χ2v) is 7.02. The molecule has 1 fully saturated rings. The lowest BCUT2D eigenvalue weighted by Gasteiger charge is -2.31. The average Bonchev–Trinajstić information content (AvgIpc) is 3.15. The minimum Gasteiger partial charge on any atom is -0.340 e. The molecule has 1 unspecified atom stereocenters. The van der Waals surface area contributed by atoms with Crippen LogP contribution in [0.4, 0.5) is 8.78 Å². The quantitative estimate of drug-likeness (QED) is 0.922. The molecular formula is C16H17F2N3S. The fraction of sp³-hybridized carbons (Fsp3) is 0.438. The van der Waals surface area contributed by atoms with E-state index in [2.05, 4.69) is 14.9 Å². The Morgan fingerprint density at radius 2 is 2.23 bits per heavy atom. The molecule has 0 bridgehead atoms. The van der Waals surface area contributed by atoms with E-state index in [0.29, 0.717) is 17.4 Å². The van der Waals surface area contributed by atoms with Crippen molar-refractivity contribution >= 4 is 11.8 Å². The van der Waals surface area contributed by atoms with Crippen LogP contribution in [-0.2, 0) is 13.0 Å². The van der Waals surface area contributed by atoms with Gasteiger partial charge in [0.1, 0.15) is 17.5 Å². The summed E-state index contributed by atoms with van der Waals surface area (Å²) in [5.74, 6) is 1.80. The van der Waals surface area contributed by atoms with E-state index >= 15 is 0 Å². The number of nitrogens with one attached hydrogen (secondary N) is 1. The molecule has 22 heavy (non-hydrogen) atoms. The highest BCUT2D eigenvalue weighted by Gasteiger charge is 2.28. The van der Waals surface area contributed by atoms with E-state index < -0.39 is 11.6 Å². The van der Waals surface area contributed by atoms with Crippen LogP contribution in [0.5, 0.6) is 0 Å². The molecule has 1 N–H and O–H groups in total. The minimum absolute atomic E-state index is 0.332. The van der Waals surface area contributed by atoms with Gasteiger partial charge in [-0.1, -0.05) is 0 Å². The zero-order chi connectivity index (χ0) is 15.1. The molecule has 0 spiro atoms. The molecule has 116 valence electrons. The highest BCUT2D eigenvalue weighted by Crippen LogP contribution is 2.29. The summed E-state index contributed by atoms with van der Waals surface area (Å²) in [4.78, 5) is 10.3. The molecule has 1 aromatic heterocycles. The van der Waals surface area contributed by atoms with Crippen molar-refractivity contribution in [2.24, 2.45) is 0 Å². The van der Waals surface area contributed by atoms with Gasteiger partial charge < -0.3 is 4.98 Å². The third-order valence-electron chi connectivity index (χ3n) is 4.47. The zero-order valence-electron chi connectivity index (χ0n) is 12.1. The van der Waals surface area contributed by atoms with Crippen LogP contribution in [0.1, 0.15) is 17.8 Å². The Kier molecular flexibility index (Phi) is 3.66. The number of aromatic nitrogens is 2. The smallest absolute Gasteiger partial charge is 0.140 e. The molecule has 3 heterocycles. The SMILES string of the molecule is Fc1ccc(-c2nc3c([nH]2)CN(C2CCSC2)CC3)c(F)c1. The number of benzene rings is 1. The van der Waals surface area contributed by atoms with Gasteiger partial charge in [-0.05, 0) is 24.3 Å². The largest absolute Gasteiger partial charge is 0.340 e. The molecule has 6 heteroatoms. The Hall–Kier alpha value is -1.40. The van der Waals surface area contributed by atoms with Crippen LogP contribution in [0.3, 0.4) is 0 Å². The van der Waals surface area contributed by atoms with Crippen molar-refractivity contribution in [3.63, 3.8) is 0 Å². The van der Waals surface area contributed by atoms with E-state index in [1.165, 1.54) is 30.1 Å². The predicted molar refractivity (Wildman–Crippen MR) is 83.8 cm³/mol. The van der Waals surface area contributed by atoms with E-state index in [0.717, 1.165) is 37.0 Å². The van der Waals surface area contributed by atoms with Crippen LogP contribution < -0.4 is 0 Å². The number of thioether (sulfide) groups is 1. The monoisotopic (exact) mass is 321 g/mol. The van der Waals surface area contributed by atoms with E-state index in [1.54, 1.807) is 0 Å². The van der Waals surface area contributed by atoms with E-state index in [9.17, 15) is 8.78 Å². The van der Waals surface area contributed by atoms with Crippen molar-refractivity contribution in [3.05, 3.63) is 41.2 Å². The van der Waals surface area contributed by atoms with Crippen LogP contribution in [0.25, 0.3) is 11.4 Å². The van der Waals surface area contributed by atoms with Crippen molar-refractivity contribution in [2.45, 2.75) is 25.4 Å². The highest BCUT2D eigenvalue weighted by molar-refractivity contribution is 7.99. The summed E-state index contributed by atoms with van der Waals surface area (Å²) in [5, 5.41) is 0. The molecule has 1 aromatic carbocycles. The van der Waals surface area contributed by atoms with Crippen LogP contribution in [0.2, 0.25) is 0 Å². The standard InChI is InChI=1S/C16H17F2N3S/c17-10-1-2-12(13(18)7-10)16-19-14-3-5-21(8-15(14)20-16)11-4-6-22-9-11/h1-2,7,11H,3-6,8-9H2,(H,19,20). The first-order chi connectivity index (χ1) is 10.7. The van der Waals surface area contributed by atoms with Gasteiger partial charge >= 0.3 is 0 Å². The van der Waals surface area contributed by atoms with Gasteiger partial charge in [0.05, 0.1) is 17.0 Å². The number of fused-ring (bicyclic) bond motifs is 1. The van der Waals surface area contributed by atoms with Gasteiger partial charge in [-0.3, -0.25) is 4.90 Å². The number of rotatable bonds is 2. The maximum Gasteiger partial charge on any atom is 0.140 e. The maximum absolute atomic E-state index is 13.9. The maximum atomic E-state index is 13.9. The zero-order valence-corrected chi connectivity index (χ0v) is 12.9. The molecule has 0 saturated carbocycles. The van der Waals surface area contributed by atoms with Crippen molar-refractivity contribution in [1.29, 1.82) is 0 Å². The molecule has 2 aliphatic rings. The number of nitrogens with zero attached hydrogens (tertiary/aromatic N) is 2. The van der Waals surface area contributed by atoms with Gasteiger partial charge in [-0.25, -0.2) is 13.8 Å². The Morgan fingerprint density at radius 3 is 3.00 bits per heavy atom. The van der Waals surface area contributed by atoms with Gasteiger partial charge in [-0.15, -0.1) is 0 Å². The molecule has 0 aliphatic carbocycles. The summed E-state index contributed by atoms with van der Waals surface area (Å²) in [6.07, 6.45) is 2.13. The number of H-pyrrole nitrogens is 1. The number of aromatic amines is 1. The Morgan fingerprint density at radius 1 is 1.32 bits per heavy atom. The highest BCUT2D eigenvalue weighted by atomic mass is 32.2. The van der Waals surface area contributed by atoms with Gasteiger partial charge in [0, 0.05) is 37.4 Å². The summed E-state index contributed by atoms with van der Waals surface area (Å²) < 4.78 is 26.9. The summed E-state index contributed by atoms with van der Waals surface area (Å²) >= 11 is 2.01. The van der Waals surface area contributed by atoms with Crippen LogP contribution in [-0.4, -0.2) is 39.0 Å². The summed E-state index contributed by atoms with van der Waals surface area (Å²) in [6.45, 7) is 1.85. The molecule has 0 radical (unpaired) electrons. The third-order valence-corrected chi connectivity index (χ3v) is 5.61. The molecule has 1 atom stereocenters. The van der Waals surface area contributed by atoms with Crippen molar-refractivity contribution in [1.82, 2.24) is 14.9 Å². The van der Waals surface area contributed by atoms with Gasteiger partial charge in [-0.2, -0.15) is 11.8 Å². The van der Waals surface area contributed by atoms with Crippen LogP contribution >= 0.6 is 11.8 Å². The first-order valence-electron chi connectivity index (χ1n) is 7.55. The van der Waals surface area contributed by atoms with Gasteiger partial charge in [0.2, 0.25) is 0 Å². The fourth-order valence-corrected chi connectivity index (χ4v) is 4.50. The Labute approximate surface area is 132 Å². The lowest BCUT2D eigenvalue weighted by atomic mass is 10.1. The third kappa shape index (κ3) is 2.54. The lowest BCUT2D eigenvalue weighted by Crippen LogP contribution is -2.39. The molecule has 3 nitrogen and oxygen atoms in total. The van der Waals surface area contributed by atoms with E-state index in [-0.39, 0.29) is 0 Å². The molecule has 2 aromatic rings. The van der Waals surface area contributed by atoms with E-state index in [4.69, 9.17) is 0 Å². The molecule has 2 aliphatic heterocycles. The minimum atomic E-state index is -0.574. The number of halogens is 2. The second kappa shape index (κ2) is 5.66. The van der Waals surface area contributed by atoms with Crippen LogP contribution in [0, 0.1) is 11.6 Å². The topological polar surface area (TPSA) is 31.9 Å². The summed E-state index contributed by atoms with van der Waals surface area (Å²) in [7, 11) is 0. The summed E-state index contributed by atoms with van der Waals surface area (Å²) in [5.41, 5.74) is 2.42. The van der Waals surface area contributed by atoms with Gasteiger partial charge in [0.15, 0.2) is 0 Å². The van der Waals surface area contributed by atoms with Crippen molar-refractivity contribution < 1.29 is 8.78 Å². The van der Waals surface area contributed by atoms with Crippen molar-refractivity contribution in [2.75, 3.05) is 18.1 Å². The fourth-order valence-electron chi connectivity index (χ4n) is 3.25. The molecular weight excluding hydrogens is 304 g/mol. The molecule has 4 rings (SSSR count). The number of imidazole rings is 1. The predicted octanol–water partition coefficient (Wildman–Crippen LogP) is 3.22. The average molecular weight is 321 g/mol. The lowest BCUT2D eigenvalue weighted by molar-refractivity contribution is 0.191. The number of hydrogen-bond donors (Lipinski definition) is 1. The number of hydrogen-bond acceptors (Lipinski definition) is 3. The normalized spacial score (nSPS) is 22.0. The van der Waals surface area contributed by atoms with Crippen LogP contribution in [0.15, 0.2) is 18.2 Å². The molecule has 0 amide bonds. The first-order valence-corrected chi connectivity index (χ1v) is 8.71. The first kappa shape index (κ1) is 14.2. The Bertz CT molecular complexity index is 695. The molecule has 1 saturated heterocycles. The van der Waals surface area contributed by atoms with Gasteiger partial charge in [0.25, 0.3) is 0 Å². The van der Waals surface area contributed by atoms with Crippen molar-refractivity contribution in [3.8, 4) is 11.4 Å².